The van der Waals surface area contributed by atoms with Crippen LogP contribution in [-0.4, -0.2) is 38.1 Å². The van der Waals surface area contributed by atoms with Gasteiger partial charge in [0, 0.05) is 24.6 Å². The van der Waals surface area contributed by atoms with Crippen LogP contribution >= 0.6 is 0 Å². The summed E-state index contributed by atoms with van der Waals surface area (Å²) in [4.78, 5) is 25.6. The molecule has 0 radical (unpaired) electrons. The minimum Gasteiger partial charge on any atom is -0.497 e. The lowest BCUT2D eigenvalue weighted by atomic mass is 9.89. The van der Waals surface area contributed by atoms with Crippen molar-refractivity contribution in [2.24, 2.45) is 11.8 Å². The maximum absolute atomic E-state index is 13.0. The van der Waals surface area contributed by atoms with E-state index in [1.54, 1.807) is 31.4 Å². The highest BCUT2D eigenvalue weighted by Crippen LogP contribution is 2.33. The van der Waals surface area contributed by atoms with Crippen molar-refractivity contribution in [1.82, 2.24) is 10.6 Å². The molecule has 0 saturated carbocycles. The first kappa shape index (κ1) is 22.8. The molecule has 0 aliphatic carbocycles. The van der Waals surface area contributed by atoms with Crippen molar-refractivity contribution >= 4 is 11.8 Å². The van der Waals surface area contributed by atoms with Crippen LogP contribution in [0.3, 0.4) is 0 Å². The van der Waals surface area contributed by atoms with E-state index in [2.05, 4.69) is 22.8 Å². The molecule has 166 valence electrons. The zero-order chi connectivity index (χ0) is 22.2. The van der Waals surface area contributed by atoms with Gasteiger partial charge in [-0.2, -0.15) is 0 Å². The van der Waals surface area contributed by atoms with E-state index in [0.29, 0.717) is 17.9 Å². The smallest absolute Gasteiger partial charge is 0.251 e. The third kappa shape index (κ3) is 6.07. The third-order valence-electron chi connectivity index (χ3n) is 5.70. The third-order valence-corrected chi connectivity index (χ3v) is 5.70. The minimum absolute atomic E-state index is 0.0263. The van der Waals surface area contributed by atoms with Gasteiger partial charge in [0.25, 0.3) is 5.91 Å². The number of amides is 2. The SMILES string of the molecule is COc1ccc(C(=O)NC(C(=O)NCC2CCCOC2c2ccccc2)C(C)C)cc1. The van der Waals surface area contributed by atoms with Crippen LogP contribution in [0, 0.1) is 11.8 Å². The normalized spacial score (nSPS) is 19.5. The molecule has 1 fully saturated rings. The molecule has 6 nitrogen and oxygen atoms in total. The van der Waals surface area contributed by atoms with Crippen LogP contribution in [0.4, 0.5) is 0 Å². The average molecular weight is 425 g/mol. The molecular weight excluding hydrogens is 392 g/mol. The predicted molar refractivity (Wildman–Crippen MR) is 120 cm³/mol. The Labute approximate surface area is 184 Å². The first-order valence-corrected chi connectivity index (χ1v) is 10.9. The fourth-order valence-corrected chi connectivity index (χ4v) is 3.91. The van der Waals surface area contributed by atoms with Crippen molar-refractivity contribution in [3.8, 4) is 5.75 Å². The van der Waals surface area contributed by atoms with Crippen molar-refractivity contribution in [2.45, 2.75) is 38.8 Å². The van der Waals surface area contributed by atoms with Crippen LogP contribution < -0.4 is 15.4 Å². The molecule has 6 heteroatoms. The van der Waals surface area contributed by atoms with E-state index in [1.165, 1.54) is 0 Å². The van der Waals surface area contributed by atoms with Gasteiger partial charge in [0.2, 0.25) is 5.91 Å². The second-order valence-corrected chi connectivity index (χ2v) is 8.27. The highest BCUT2D eigenvalue weighted by Gasteiger charge is 2.30. The Kier molecular flexibility index (Phi) is 8.06. The zero-order valence-corrected chi connectivity index (χ0v) is 18.5. The molecule has 1 heterocycles. The van der Waals surface area contributed by atoms with Crippen molar-refractivity contribution in [2.75, 3.05) is 20.3 Å². The van der Waals surface area contributed by atoms with Crippen molar-refractivity contribution in [1.29, 1.82) is 0 Å². The van der Waals surface area contributed by atoms with Crippen LogP contribution in [0.2, 0.25) is 0 Å². The molecule has 1 aliphatic rings. The lowest BCUT2D eigenvalue weighted by Gasteiger charge is -2.33. The van der Waals surface area contributed by atoms with E-state index < -0.39 is 6.04 Å². The van der Waals surface area contributed by atoms with Gasteiger partial charge in [0.05, 0.1) is 13.2 Å². The summed E-state index contributed by atoms with van der Waals surface area (Å²) >= 11 is 0. The molecule has 2 aromatic rings. The van der Waals surface area contributed by atoms with Crippen molar-refractivity contribution < 1.29 is 19.1 Å². The number of methoxy groups -OCH3 is 1. The molecule has 3 rings (SSSR count). The molecule has 0 bridgehead atoms. The molecule has 1 aliphatic heterocycles. The first-order valence-electron chi connectivity index (χ1n) is 10.9. The molecule has 1 saturated heterocycles. The quantitative estimate of drug-likeness (QED) is 0.677. The topological polar surface area (TPSA) is 76.7 Å². The van der Waals surface area contributed by atoms with Gasteiger partial charge in [-0.15, -0.1) is 0 Å². The summed E-state index contributed by atoms with van der Waals surface area (Å²) < 4.78 is 11.2. The Morgan fingerprint density at radius 3 is 2.45 bits per heavy atom. The Balaban J connectivity index is 1.61. The van der Waals surface area contributed by atoms with E-state index >= 15 is 0 Å². The lowest BCUT2D eigenvalue weighted by Crippen LogP contribution is -2.51. The van der Waals surface area contributed by atoms with E-state index in [0.717, 1.165) is 25.0 Å². The molecule has 0 aromatic heterocycles. The number of carbonyl (C=O) groups excluding carboxylic acids is 2. The number of hydrogen-bond acceptors (Lipinski definition) is 4. The lowest BCUT2D eigenvalue weighted by molar-refractivity contribution is -0.124. The summed E-state index contributed by atoms with van der Waals surface area (Å²) in [6.45, 7) is 5.10. The molecule has 2 aromatic carbocycles. The molecule has 3 atom stereocenters. The van der Waals surface area contributed by atoms with E-state index in [1.807, 2.05) is 32.0 Å². The van der Waals surface area contributed by atoms with Crippen molar-refractivity contribution in [3.05, 3.63) is 65.7 Å². The standard InChI is InChI=1S/C25H32N2O4/c1-17(2)22(27-24(28)19-11-13-21(30-3)14-12-19)25(29)26-16-20-10-7-15-31-23(20)18-8-5-4-6-9-18/h4-6,8-9,11-14,17,20,22-23H,7,10,15-16H2,1-3H3,(H,26,29)(H,27,28). The number of nitrogens with one attached hydrogen (secondary N) is 2. The number of rotatable bonds is 8. The summed E-state index contributed by atoms with van der Waals surface area (Å²) in [5.41, 5.74) is 1.62. The largest absolute Gasteiger partial charge is 0.497 e. The molecule has 2 amide bonds. The Morgan fingerprint density at radius 2 is 1.81 bits per heavy atom. The maximum atomic E-state index is 13.0. The van der Waals surface area contributed by atoms with Gasteiger partial charge in [-0.3, -0.25) is 9.59 Å². The highest BCUT2D eigenvalue weighted by atomic mass is 16.5. The highest BCUT2D eigenvalue weighted by molar-refractivity contribution is 5.97. The van der Waals surface area contributed by atoms with Gasteiger partial charge in [-0.05, 0) is 48.6 Å². The van der Waals surface area contributed by atoms with Crippen LogP contribution in [0.15, 0.2) is 54.6 Å². The number of ether oxygens (including phenoxy) is 2. The maximum Gasteiger partial charge on any atom is 0.251 e. The van der Waals surface area contributed by atoms with Gasteiger partial charge in [0.15, 0.2) is 0 Å². The molecule has 3 unspecified atom stereocenters. The van der Waals surface area contributed by atoms with Gasteiger partial charge < -0.3 is 20.1 Å². The first-order chi connectivity index (χ1) is 15.0. The molecular formula is C25H32N2O4. The fourth-order valence-electron chi connectivity index (χ4n) is 3.91. The Morgan fingerprint density at radius 1 is 1.10 bits per heavy atom. The Hall–Kier alpha value is -2.86. The molecule has 31 heavy (non-hydrogen) atoms. The monoisotopic (exact) mass is 424 g/mol. The second-order valence-electron chi connectivity index (χ2n) is 8.27. The Bertz CT molecular complexity index is 852. The fraction of sp³-hybridized carbons (Fsp3) is 0.440. The summed E-state index contributed by atoms with van der Waals surface area (Å²) in [5, 5.41) is 5.93. The van der Waals surface area contributed by atoms with Crippen LogP contribution in [0.1, 0.15) is 48.7 Å². The summed E-state index contributed by atoms with van der Waals surface area (Å²) in [5.74, 6) is 0.381. The second kappa shape index (κ2) is 11.0. The van der Waals surface area contributed by atoms with Gasteiger partial charge in [0.1, 0.15) is 11.8 Å². The zero-order valence-electron chi connectivity index (χ0n) is 18.5. The minimum atomic E-state index is -0.616. The summed E-state index contributed by atoms with van der Waals surface area (Å²) in [6, 6.07) is 16.3. The van der Waals surface area contributed by atoms with Crippen molar-refractivity contribution in [3.63, 3.8) is 0 Å². The van der Waals surface area contributed by atoms with Gasteiger partial charge in [-0.1, -0.05) is 44.2 Å². The molecule has 2 N–H and O–H groups in total. The predicted octanol–water partition coefficient (Wildman–Crippen LogP) is 3.73. The van der Waals surface area contributed by atoms with E-state index in [-0.39, 0.29) is 29.8 Å². The van der Waals surface area contributed by atoms with Gasteiger partial charge in [-0.25, -0.2) is 0 Å². The number of benzene rings is 2. The van der Waals surface area contributed by atoms with E-state index in [4.69, 9.17) is 9.47 Å². The van der Waals surface area contributed by atoms with Gasteiger partial charge >= 0.3 is 0 Å². The van der Waals surface area contributed by atoms with Crippen LogP contribution in [0.5, 0.6) is 5.75 Å². The summed E-state index contributed by atoms with van der Waals surface area (Å²) in [6.07, 6.45) is 1.94. The van der Waals surface area contributed by atoms with Crippen LogP contribution in [0.25, 0.3) is 0 Å². The number of carbonyl (C=O) groups is 2. The molecule has 0 spiro atoms. The average Bonchev–Trinajstić information content (AvgIpc) is 2.81. The number of hydrogen-bond donors (Lipinski definition) is 2. The van der Waals surface area contributed by atoms with Crippen LogP contribution in [-0.2, 0) is 9.53 Å². The summed E-state index contributed by atoms with van der Waals surface area (Å²) in [7, 11) is 1.58. The van der Waals surface area contributed by atoms with E-state index in [9.17, 15) is 9.59 Å².